The molecule has 0 aliphatic rings. The van der Waals surface area contributed by atoms with Crippen LogP contribution in [0, 0.1) is 0 Å². The van der Waals surface area contributed by atoms with Crippen LogP contribution < -0.4 is 20.3 Å². The van der Waals surface area contributed by atoms with Gasteiger partial charge in [-0.15, -0.1) is 11.3 Å². The number of amides is 1. The number of rotatable bonds is 8. The smallest absolute Gasteiger partial charge is 0.271 e. The van der Waals surface area contributed by atoms with Gasteiger partial charge >= 0.3 is 0 Å². The molecular formula is C24H23N3O4S2. The van der Waals surface area contributed by atoms with E-state index >= 15 is 0 Å². The molecule has 0 atom stereocenters. The highest BCUT2D eigenvalue weighted by atomic mass is 32.2. The lowest BCUT2D eigenvalue weighted by molar-refractivity contribution is -0.119. The number of hydrogen-bond acceptors (Lipinski definition) is 7. The molecule has 0 bridgehead atoms. The van der Waals surface area contributed by atoms with E-state index in [-0.39, 0.29) is 23.3 Å². The lowest BCUT2D eigenvalue weighted by Crippen LogP contribution is -2.31. The SMILES string of the molecule is COc1ccc(C(NC(=O)CSc2nc3ccsc3c(=O)n2C)c2ccc(OC)cc2)cc1. The zero-order valence-corrected chi connectivity index (χ0v) is 20.0. The number of fused-ring (bicyclic) bond motifs is 1. The van der Waals surface area contributed by atoms with Crippen LogP contribution in [0.15, 0.2) is 69.9 Å². The second kappa shape index (κ2) is 10.1. The Morgan fingerprint density at radius 1 is 1.03 bits per heavy atom. The second-order valence-electron chi connectivity index (χ2n) is 7.23. The van der Waals surface area contributed by atoms with Gasteiger partial charge < -0.3 is 14.8 Å². The summed E-state index contributed by atoms with van der Waals surface area (Å²) in [5, 5.41) is 5.45. The third-order valence-electron chi connectivity index (χ3n) is 5.18. The molecule has 0 spiro atoms. The van der Waals surface area contributed by atoms with Crippen molar-refractivity contribution in [3.63, 3.8) is 0 Å². The molecule has 4 aromatic rings. The van der Waals surface area contributed by atoms with E-state index in [4.69, 9.17) is 9.47 Å². The average Bonchev–Trinajstić information content (AvgIpc) is 3.33. The van der Waals surface area contributed by atoms with Crippen LogP contribution in [-0.2, 0) is 11.8 Å². The summed E-state index contributed by atoms with van der Waals surface area (Å²) >= 11 is 2.60. The predicted octanol–water partition coefficient (Wildman–Crippen LogP) is 4.01. The molecule has 170 valence electrons. The summed E-state index contributed by atoms with van der Waals surface area (Å²) < 4.78 is 12.6. The zero-order chi connectivity index (χ0) is 23.4. The molecule has 9 heteroatoms. The Hall–Kier alpha value is -3.30. The summed E-state index contributed by atoms with van der Waals surface area (Å²) in [5.41, 5.74) is 2.39. The third-order valence-corrected chi connectivity index (χ3v) is 7.10. The molecule has 0 aliphatic heterocycles. The van der Waals surface area contributed by atoms with E-state index in [0.717, 1.165) is 22.6 Å². The molecule has 0 unspecified atom stereocenters. The van der Waals surface area contributed by atoms with E-state index in [0.29, 0.717) is 15.4 Å². The summed E-state index contributed by atoms with van der Waals surface area (Å²) in [5.74, 6) is 1.43. The number of benzene rings is 2. The van der Waals surface area contributed by atoms with Gasteiger partial charge in [-0.1, -0.05) is 36.0 Å². The molecule has 4 rings (SSSR count). The van der Waals surface area contributed by atoms with E-state index in [1.807, 2.05) is 60.0 Å². The molecule has 0 radical (unpaired) electrons. The van der Waals surface area contributed by atoms with Crippen molar-refractivity contribution in [1.29, 1.82) is 0 Å². The van der Waals surface area contributed by atoms with Gasteiger partial charge in [-0.2, -0.15) is 0 Å². The highest BCUT2D eigenvalue weighted by Gasteiger charge is 2.19. The van der Waals surface area contributed by atoms with E-state index in [9.17, 15) is 9.59 Å². The molecule has 7 nitrogen and oxygen atoms in total. The maximum absolute atomic E-state index is 12.9. The maximum atomic E-state index is 12.9. The number of nitrogens with one attached hydrogen (secondary N) is 1. The first-order chi connectivity index (χ1) is 16.0. The van der Waals surface area contributed by atoms with Crippen molar-refractivity contribution in [1.82, 2.24) is 14.9 Å². The fourth-order valence-electron chi connectivity index (χ4n) is 3.38. The summed E-state index contributed by atoms with van der Waals surface area (Å²) in [6.45, 7) is 0. The standard InChI is InChI=1S/C24H23N3O4S2/c1-27-23(29)22-19(12-13-32-22)25-24(27)33-14-20(28)26-21(15-4-8-17(30-2)9-5-15)16-6-10-18(31-3)11-7-16/h4-13,21H,14H2,1-3H3,(H,26,28). The van der Waals surface area contributed by atoms with Gasteiger partial charge in [0.05, 0.1) is 31.5 Å². The quantitative estimate of drug-likeness (QED) is 0.303. The zero-order valence-electron chi connectivity index (χ0n) is 18.4. The number of ether oxygens (including phenoxy) is 2. The van der Waals surface area contributed by atoms with Crippen molar-refractivity contribution in [2.24, 2.45) is 7.05 Å². The first-order valence-corrected chi connectivity index (χ1v) is 12.0. The van der Waals surface area contributed by atoms with Gasteiger partial charge in [0.25, 0.3) is 5.56 Å². The predicted molar refractivity (Wildman–Crippen MR) is 132 cm³/mol. The van der Waals surface area contributed by atoms with E-state index in [1.54, 1.807) is 21.3 Å². The van der Waals surface area contributed by atoms with Crippen molar-refractivity contribution in [2.45, 2.75) is 11.2 Å². The minimum atomic E-state index is -0.356. The number of thioether (sulfide) groups is 1. The maximum Gasteiger partial charge on any atom is 0.271 e. The normalized spacial score (nSPS) is 11.0. The van der Waals surface area contributed by atoms with Gasteiger partial charge in [-0.25, -0.2) is 4.98 Å². The number of carbonyl (C=O) groups is 1. The summed E-state index contributed by atoms with van der Waals surface area (Å²) in [4.78, 5) is 30.0. The van der Waals surface area contributed by atoms with E-state index in [1.165, 1.54) is 27.7 Å². The highest BCUT2D eigenvalue weighted by molar-refractivity contribution is 7.99. The van der Waals surface area contributed by atoms with Crippen LogP contribution in [0.4, 0.5) is 0 Å². The fraction of sp³-hybridized carbons (Fsp3) is 0.208. The molecular weight excluding hydrogens is 458 g/mol. The van der Waals surface area contributed by atoms with E-state index < -0.39 is 0 Å². The van der Waals surface area contributed by atoms with Gasteiger partial charge in [-0.3, -0.25) is 14.2 Å². The molecule has 2 aromatic carbocycles. The molecule has 33 heavy (non-hydrogen) atoms. The lowest BCUT2D eigenvalue weighted by Gasteiger charge is -2.20. The Labute approximate surface area is 199 Å². The summed E-state index contributed by atoms with van der Waals surface area (Å²) in [6.07, 6.45) is 0. The molecule has 1 N–H and O–H groups in total. The molecule has 2 aromatic heterocycles. The molecule has 1 amide bonds. The van der Waals surface area contributed by atoms with Gasteiger partial charge in [0, 0.05) is 7.05 Å². The largest absolute Gasteiger partial charge is 0.497 e. The number of methoxy groups -OCH3 is 2. The Bertz CT molecular complexity index is 1270. The van der Waals surface area contributed by atoms with Crippen molar-refractivity contribution < 1.29 is 14.3 Å². The number of aromatic nitrogens is 2. The van der Waals surface area contributed by atoms with Crippen molar-refractivity contribution in [3.8, 4) is 11.5 Å². The van der Waals surface area contributed by atoms with Crippen LogP contribution in [0.2, 0.25) is 0 Å². The number of carbonyl (C=O) groups excluding carboxylic acids is 1. The van der Waals surface area contributed by atoms with Crippen LogP contribution in [-0.4, -0.2) is 35.4 Å². The Morgan fingerprint density at radius 2 is 1.61 bits per heavy atom. The van der Waals surface area contributed by atoms with Gasteiger partial charge in [0.15, 0.2) is 5.16 Å². The molecule has 0 saturated carbocycles. The van der Waals surface area contributed by atoms with E-state index in [2.05, 4.69) is 10.3 Å². The first-order valence-electron chi connectivity index (χ1n) is 10.1. The van der Waals surface area contributed by atoms with Gasteiger partial charge in [0.2, 0.25) is 5.91 Å². The topological polar surface area (TPSA) is 82.5 Å². The average molecular weight is 482 g/mol. The highest BCUT2D eigenvalue weighted by Crippen LogP contribution is 2.27. The number of thiophene rings is 1. The van der Waals surface area contributed by atoms with Crippen LogP contribution in [0.1, 0.15) is 17.2 Å². The molecule has 0 saturated heterocycles. The Morgan fingerprint density at radius 3 is 2.15 bits per heavy atom. The lowest BCUT2D eigenvalue weighted by atomic mass is 9.98. The summed E-state index contributed by atoms with van der Waals surface area (Å²) in [7, 11) is 4.90. The monoisotopic (exact) mass is 481 g/mol. The fourth-order valence-corrected chi connectivity index (χ4v) is 4.97. The van der Waals surface area contributed by atoms with Crippen molar-refractivity contribution >= 4 is 39.2 Å². The van der Waals surface area contributed by atoms with Crippen LogP contribution >= 0.6 is 23.1 Å². The second-order valence-corrected chi connectivity index (χ2v) is 9.09. The number of hydrogen-bond donors (Lipinski definition) is 1. The van der Waals surface area contributed by atoms with Crippen LogP contribution in [0.25, 0.3) is 10.2 Å². The minimum absolute atomic E-state index is 0.104. The Kier molecular flexibility index (Phi) is 7.00. The minimum Gasteiger partial charge on any atom is -0.497 e. The van der Waals surface area contributed by atoms with Crippen LogP contribution in [0.3, 0.4) is 0 Å². The van der Waals surface area contributed by atoms with Gasteiger partial charge in [-0.05, 0) is 46.8 Å². The summed E-state index contributed by atoms with van der Waals surface area (Å²) in [6, 6.07) is 16.6. The van der Waals surface area contributed by atoms with Gasteiger partial charge in [0.1, 0.15) is 16.2 Å². The van der Waals surface area contributed by atoms with Crippen molar-refractivity contribution in [2.75, 3.05) is 20.0 Å². The molecule has 2 heterocycles. The first kappa shape index (κ1) is 22.9. The van der Waals surface area contributed by atoms with Crippen LogP contribution in [0.5, 0.6) is 11.5 Å². The molecule has 0 fully saturated rings. The molecule has 0 aliphatic carbocycles. The van der Waals surface area contributed by atoms with Crippen molar-refractivity contribution in [3.05, 3.63) is 81.5 Å². The number of nitrogens with zero attached hydrogens (tertiary/aromatic N) is 2. The third kappa shape index (κ3) is 5.04. The Balaban J connectivity index is 1.54.